The first-order valence-corrected chi connectivity index (χ1v) is 5.39. The molecular formula is C12H15NO3. The zero-order valence-electron chi connectivity index (χ0n) is 8.97. The van der Waals surface area contributed by atoms with Crippen LogP contribution < -0.4 is 4.90 Å². The number of aliphatic hydroxyl groups is 2. The molecule has 86 valence electrons. The summed E-state index contributed by atoms with van der Waals surface area (Å²) in [5, 5.41) is 18.2. The quantitative estimate of drug-likeness (QED) is 0.772. The molecule has 0 radical (unpaired) electrons. The molecule has 1 atom stereocenters. The van der Waals surface area contributed by atoms with E-state index in [-0.39, 0.29) is 18.9 Å². The van der Waals surface area contributed by atoms with Crippen LogP contribution in [0, 0.1) is 0 Å². The molecule has 4 heteroatoms. The first-order valence-electron chi connectivity index (χ1n) is 5.39. The minimum Gasteiger partial charge on any atom is -0.396 e. The third-order valence-corrected chi connectivity index (χ3v) is 2.75. The molecule has 0 saturated carbocycles. The van der Waals surface area contributed by atoms with Crippen LogP contribution in [0.4, 0.5) is 5.69 Å². The first-order chi connectivity index (χ1) is 7.70. The number of amides is 1. The molecule has 1 aromatic carbocycles. The molecule has 1 amide bonds. The topological polar surface area (TPSA) is 60.8 Å². The van der Waals surface area contributed by atoms with Gasteiger partial charge in [-0.25, -0.2) is 0 Å². The van der Waals surface area contributed by atoms with Gasteiger partial charge in [-0.1, -0.05) is 12.1 Å². The second kappa shape index (κ2) is 4.63. The molecule has 1 aliphatic rings. The molecule has 2 rings (SSSR count). The second-order valence-corrected chi connectivity index (χ2v) is 4.00. The van der Waals surface area contributed by atoms with E-state index in [1.54, 1.807) is 4.90 Å². The van der Waals surface area contributed by atoms with E-state index in [9.17, 15) is 9.90 Å². The maximum Gasteiger partial charge on any atom is 0.229 e. The van der Waals surface area contributed by atoms with Gasteiger partial charge in [0.1, 0.15) is 0 Å². The number of anilines is 1. The third-order valence-electron chi connectivity index (χ3n) is 2.75. The van der Waals surface area contributed by atoms with Crippen LogP contribution >= 0.6 is 0 Å². The van der Waals surface area contributed by atoms with Crippen LogP contribution in [0.5, 0.6) is 0 Å². The molecule has 1 aromatic rings. The molecule has 0 bridgehead atoms. The summed E-state index contributed by atoms with van der Waals surface area (Å²) in [5.74, 6) is -0.0394. The predicted molar refractivity (Wildman–Crippen MR) is 60.2 cm³/mol. The van der Waals surface area contributed by atoms with Crippen molar-refractivity contribution < 1.29 is 15.0 Å². The van der Waals surface area contributed by atoms with Crippen molar-refractivity contribution in [3.63, 3.8) is 0 Å². The zero-order valence-corrected chi connectivity index (χ0v) is 8.97. The lowest BCUT2D eigenvalue weighted by molar-refractivity contribution is -0.117. The Balaban J connectivity index is 2.12. The largest absolute Gasteiger partial charge is 0.396 e. The fraction of sp³-hybridized carbons (Fsp3) is 0.417. The molecule has 1 heterocycles. The minimum absolute atomic E-state index is 0.0394. The summed E-state index contributed by atoms with van der Waals surface area (Å²) in [7, 11) is 0. The molecule has 16 heavy (non-hydrogen) atoms. The van der Waals surface area contributed by atoms with E-state index >= 15 is 0 Å². The van der Waals surface area contributed by atoms with Crippen LogP contribution in [0.15, 0.2) is 24.3 Å². The summed E-state index contributed by atoms with van der Waals surface area (Å²) in [6, 6.07) is 7.48. The molecule has 0 spiro atoms. The van der Waals surface area contributed by atoms with Gasteiger partial charge >= 0.3 is 0 Å². The number of nitrogens with zero attached hydrogens (tertiary/aromatic N) is 1. The highest BCUT2D eigenvalue weighted by molar-refractivity contribution is 5.96. The Morgan fingerprint density at radius 2 is 2.00 bits per heavy atom. The highest BCUT2D eigenvalue weighted by Crippen LogP contribution is 2.21. The summed E-state index contributed by atoms with van der Waals surface area (Å²) in [4.78, 5) is 13.1. The summed E-state index contributed by atoms with van der Waals surface area (Å²) in [6.45, 7) is 0.499. The molecular weight excluding hydrogens is 206 g/mol. The number of rotatable bonds is 3. The standard InChI is InChI=1S/C12H15NO3/c14-6-5-9-1-3-10(4-2-9)13-8-11(15)7-12(13)16/h1-4,11,14-15H,5-8H2. The van der Waals surface area contributed by atoms with Gasteiger partial charge in [0.15, 0.2) is 0 Å². The Bertz CT molecular complexity index is 374. The van der Waals surface area contributed by atoms with Crippen molar-refractivity contribution >= 4 is 11.6 Å². The van der Waals surface area contributed by atoms with Crippen molar-refractivity contribution in [1.82, 2.24) is 0 Å². The molecule has 0 aliphatic carbocycles. The van der Waals surface area contributed by atoms with Crippen molar-refractivity contribution in [2.24, 2.45) is 0 Å². The van der Waals surface area contributed by atoms with Gasteiger partial charge < -0.3 is 15.1 Å². The Labute approximate surface area is 94.1 Å². The van der Waals surface area contributed by atoms with Gasteiger partial charge in [-0.2, -0.15) is 0 Å². The van der Waals surface area contributed by atoms with E-state index in [4.69, 9.17) is 5.11 Å². The summed E-state index contributed by atoms with van der Waals surface area (Å²) in [5.41, 5.74) is 1.85. The van der Waals surface area contributed by atoms with Crippen molar-refractivity contribution in [3.05, 3.63) is 29.8 Å². The van der Waals surface area contributed by atoms with Gasteiger partial charge in [0, 0.05) is 12.3 Å². The van der Waals surface area contributed by atoms with Crippen molar-refractivity contribution in [2.45, 2.75) is 18.9 Å². The average molecular weight is 221 g/mol. The van der Waals surface area contributed by atoms with Crippen LogP contribution in [0.1, 0.15) is 12.0 Å². The number of β-amino-alcohol motifs (C(OH)–C–C–N with tert-alkyl or cyclic N) is 1. The number of benzene rings is 1. The zero-order chi connectivity index (χ0) is 11.5. The lowest BCUT2D eigenvalue weighted by Crippen LogP contribution is -2.25. The monoisotopic (exact) mass is 221 g/mol. The Hall–Kier alpha value is -1.39. The summed E-state index contributed by atoms with van der Waals surface area (Å²) in [6.07, 6.45) is 0.277. The Morgan fingerprint density at radius 3 is 2.50 bits per heavy atom. The number of carbonyl (C=O) groups excluding carboxylic acids is 1. The summed E-state index contributed by atoms with van der Waals surface area (Å²) >= 11 is 0. The van der Waals surface area contributed by atoms with Gasteiger partial charge in [0.25, 0.3) is 0 Å². The SMILES string of the molecule is O=C1CC(O)CN1c1ccc(CCO)cc1. The number of carbonyl (C=O) groups is 1. The van der Waals surface area contributed by atoms with Crippen LogP contribution in [0.3, 0.4) is 0 Å². The smallest absolute Gasteiger partial charge is 0.229 e. The first kappa shape index (κ1) is 11.1. The van der Waals surface area contributed by atoms with Crippen LogP contribution in [-0.2, 0) is 11.2 Å². The van der Waals surface area contributed by atoms with E-state index in [0.29, 0.717) is 13.0 Å². The number of hydrogen-bond donors (Lipinski definition) is 2. The van der Waals surface area contributed by atoms with Crippen LogP contribution in [0.25, 0.3) is 0 Å². The van der Waals surface area contributed by atoms with E-state index in [1.165, 1.54) is 0 Å². The van der Waals surface area contributed by atoms with Crippen molar-refractivity contribution in [1.29, 1.82) is 0 Å². The van der Waals surface area contributed by atoms with Crippen LogP contribution in [0.2, 0.25) is 0 Å². The maximum absolute atomic E-state index is 11.5. The Morgan fingerprint density at radius 1 is 1.31 bits per heavy atom. The molecule has 1 unspecified atom stereocenters. The molecule has 2 N–H and O–H groups in total. The predicted octanol–water partition coefficient (Wildman–Crippen LogP) is 0.319. The normalized spacial score (nSPS) is 20.5. The van der Waals surface area contributed by atoms with Gasteiger partial charge in [-0.05, 0) is 24.1 Å². The third kappa shape index (κ3) is 2.23. The van der Waals surface area contributed by atoms with E-state index in [1.807, 2.05) is 24.3 Å². The molecule has 1 aliphatic heterocycles. The van der Waals surface area contributed by atoms with E-state index in [2.05, 4.69) is 0 Å². The minimum atomic E-state index is -0.551. The molecule has 4 nitrogen and oxygen atoms in total. The average Bonchev–Trinajstić information content (AvgIpc) is 2.59. The fourth-order valence-corrected chi connectivity index (χ4v) is 1.91. The van der Waals surface area contributed by atoms with Gasteiger partial charge in [-0.15, -0.1) is 0 Å². The van der Waals surface area contributed by atoms with Gasteiger partial charge in [0.05, 0.1) is 19.1 Å². The highest BCUT2D eigenvalue weighted by atomic mass is 16.3. The van der Waals surface area contributed by atoms with Crippen molar-refractivity contribution in [2.75, 3.05) is 18.1 Å². The lowest BCUT2D eigenvalue weighted by Gasteiger charge is -2.16. The fourth-order valence-electron chi connectivity index (χ4n) is 1.91. The highest BCUT2D eigenvalue weighted by Gasteiger charge is 2.28. The Kier molecular flexibility index (Phi) is 3.22. The second-order valence-electron chi connectivity index (χ2n) is 4.00. The van der Waals surface area contributed by atoms with E-state index in [0.717, 1.165) is 11.3 Å². The lowest BCUT2D eigenvalue weighted by atomic mass is 10.1. The van der Waals surface area contributed by atoms with Crippen LogP contribution in [-0.4, -0.2) is 35.4 Å². The molecule has 0 aromatic heterocycles. The number of aliphatic hydroxyl groups excluding tert-OH is 2. The van der Waals surface area contributed by atoms with Crippen molar-refractivity contribution in [3.8, 4) is 0 Å². The van der Waals surface area contributed by atoms with Gasteiger partial charge in [0.2, 0.25) is 5.91 Å². The summed E-state index contributed by atoms with van der Waals surface area (Å²) < 4.78 is 0. The molecule has 1 saturated heterocycles. The van der Waals surface area contributed by atoms with Gasteiger partial charge in [-0.3, -0.25) is 4.79 Å². The maximum atomic E-state index is 11.5. The molecule has 1 fully saturated rings. The van der Waals surface area contributed by atoms with E-state index < -0.39 is 6.10 Å². The number of hydrogen-bond acceptors (Lipinski definition) is 3.